The number of carbonyl (C=O) groups excluding carboxylic acids is 1. The molecule has 0 radical (unpaired) electrons. The van der Waals surface area contributed by atoms with Crippen molar-refractivity contribution in [3.05, 3.63) is 66.4 Å². The molecule has 0 bridgehead atoms. The van der Waals surface area contributed by atoms with E-state index in [1.807, 2.05) is 24.3 Å². The van der Waals surface area contributed by atoms with Crippen LogP contribution in [0.1, 0.15) is 16.8 Å². The Labute approximate surface area is 189 Å². The van der Waals surface area contributed by atoms with Crippen LogP contribution in [0.4, 0.5) is 0 Å². The lowest BCUT2D eigenvalue weighted by Gasteiger charge is -2.34. The van der Waals surface area contributed by atoms with Crippen molar-refractivity contribution in [1.82, 2.24) is 18.7 Å². The summed E-state index contributed by atoms with van der Waals surface area (Å²) >= 11 is 0. The Balaban J connectivity index is 1.41. The van der Waals surface area contributed by atoms with Gasteiger partial charge >= 0.3 is 0 Å². The van der Waals surface area contributed by atoms with Crippen molar-refractivity contribution in [2.24, 2.45) is 0 Å². The van der Waals surface area contributed by atoms with Crippen LogP contribution in [0.5, 0.6) is 0 Å². The Hall–Kier alpha value is -2.68. The summed E-state index contributed by atoms with van der Waals surface area (Å²) in [6.07, 6.45) is 3.13. The second-order valence-corrected chi connectivity index (χ2v) is 10.4. The monoisotopic (exact) mass is 454 g/mol. The van der Waals surface area contributed by atoms with E-state index < -0.39 is 10.0 Å². The van der Waals surface area contributed by atoms with E-state index in [0.717, 1.165) is 30.4 Å². The van der Waals surface area contributed by atoms with Gasteiger partial charge in [-0.2, -0.15) is 4.31 Å². The van der Waals surface area contributed by atoms with Crippen LogP contribution in [0.3, 0.4) is 0 Å². The average molecular weight is 455 g/mol. The minimum absolute atomic E-state index is 0.0518. The smallest absolute Gasteiger partial charge is 0.253 e. The highest BCUT2D eigenvalue weighted by molar-refractivity contribution is 7.89. The van der Waals surface area contributed by atoms with Crippen LogP contribution >= 0.6 is 0 Å². The van der Waals surface area contributed by atoms with E-state index >= 15 is 0 Å². The molecule has 2 aromatic carbocycles. The molecule has 0 atom stereocenters. The molecule has 170 valence electrons. The largest absolute Gasteiger partial charge is 0.347 e. The number of fused-ring (bicyclic) bond motifs is 1. The van der Waals surface area contributed by atoms with Gasteiger partial charge in [0, 0.05) is 55.4 Å². The van der Waals surface area contributed by atoms with Crippen molar-refractivity contribution in [3.63, 3.8) is 0 Å². The normalized spacial score (nSPS) is 15.5. The molecule has 8 heteroatoms. The summed E-state index contributed by atoms with van der Waals surface area (Å²) in [7, 11) is 0.618. The third-order valence-electron chi connectivity index (χ3n) is 5.93. The van der Waals surface area contributed by atoms with E-state index in [-0.39, 0.29) is 5.91 Å². The fraction of sp³-hybridized carbons (Fsp3) is 0.375. The van der Waals surface area contributed by atoms with Crippen LogP contribution in [0, 0.1) is 0 Å². The zero-order valence-corrected chi connectivity index (χ0v) is 19.5. The molecule has 2 heterocycles. The predicted molar refractivity (Wildman–Crippen MR) is 126 cm³/mol. The number of sulfonamides is 1. The quantitative estimate of drug-likeness (QED) is 0.551. The number of piperazine rings is 1. The molecule has 0 unspecified atom stereocenters. The van der Waals surface area contributed by atoms with Gasteiger partial charge in [0.25, 0.3) is 5.91 Å². The molecule has 1 aliphatic heterocycles. The van der Waals surface area contributed by atoms with Crippen LogP contribution in [0.15, 0.2) is 65.7 Å². The summed E-state index contributed by atoms with van der Waals surface area (Å²) in [6.45, 7) is 3.33. The van der Waals surface area contributed by atoms with Crippen LogP contribution in [0.2, 0.25) is 0 Å². The van der Waals surface area contributed by atoms with Gasteiger partial charge in [0.05, 0.1) is 4.90 Å². The molecule has 1 amide bonds. The van der Waals surface area contributed by atoms with Crippen LogP contribution < -0.4 is 0 Å². The Morgan fingerprint density at radius 1 is 0.969 bits per heavy atom. The molecule has 3 aromatic rings. The highest BCUT2D eigenvalue weighted by atomic mass is 32.2. The minimum atomic E-state index is -3.53. The Morgan fingerprint density at radius 2 is 1.69 bits per heavy atom. The first-order chi connectivity index (χ1) is 15.4. The number of hydrogen-bond acceptors (Lipinski definition) is 4. The lowest BCUT2D eigenvalue weighted by molar-refractivity contribution is 0.0698. The Morgan fingerprint density at radius 3 is 2.38 bits per heavy atom. The molecule has 7 nitrogen and oxygen atoms in total. The zero-order valence-electron chi connectivity index (χ0n) is 18.6. The van der Waals surface area contributed by atoms with Gasteiger partial charge in [-0.25, -0.2) is 8.42 Å². The fourth-order valence-corrected chi connectivity index (χ4v) is 5.58. The van der Waals surface area contributed by atoms with Gasteiger partial charge < -0.3 is 14.4 Å². The van der Waals surface area contributed by atoms with E-state index in [2.05, 4.69) is 29.8 Å². The SMILES string of the molecule is CN(C)CCCn1ccc2cc(C(=O)N3CCN(S(=O)(=O)c4ccccc4)CC3)ccc21. The van der Waals surface area contributed by atoms with Crippen molar-refractivity contribution >= 4 is 26.8 Å². The summed E-state index contributed by atoms with van der Waals surface area (Å²) < 4.78 is 29.3. The second-order valence-electron chi connectivity index (χ2n) is 8.45. The van der Waals surface area contributed by atoms with E-state index in [4.69, 9.17) is 0 Å². The molecule has 0 aliphatic carbocycles. The van der Waals surface area contributed by atoms with Crippen molar-refractivity contribution in [2.75, 3.05) is 46.8 Å². The lowest BCUT2D eigenvalue weighted by atomic mass is 10.1. The molecule has 1 saturated heterocycles. The third kappa shape index (κ3) is 4.72. The Kier molecular flexibility index (Phi) is 6.64. The first kappa shape index (κ1) is 22.5. The highest BCUT2D eigenvalue weighted by Crippen LogP contribution is 2.21. The topological polar surface area (TPSA) is 65.9 Å². The van der Waals surface area contributed by atoms with Crippen LogP contribution in [-0.2, 0) is 16.6 Å². The number of carbonyl (C=O) groups is 1. The van der Waals surface area contributed by atoms with Crippen molar-refractivity contribution in [3.8, 4) is 0 Å². The van der Waals surface area contributed by atoms with E-state index in [1.165, 1.54) is 4.31 Å². The Bertz CT molecular complexity index is 1180. The van der Waals surface area contributed by atoms with Gasteiger partial charge in [-0.05, 0) is 63.5 Å². The number of nitrogens with zero attached hydrogens (tertiary/aromatic N) is 4. The van der Waals surface area contributed by atoms with Crippen molar-refractivity contribution < 1.29 is 13.2 Å². The van der Waals surface area contributed by atoms with Crippen molar-refractivity contribution in [2.45, 2.75) is 17.9 Å². The van der Waals surface area contributed by atoms with E-state index in [9.17, 15) is 13.2 Å². The molecule has 1 fully saturated rings. The molecular formula is C24H30N4O3S. The number of hydrogen-bond donors (Lipinski definition) is 0. The first-order valence-electron chi connectivity index (χ1n) is 10.9. The molecule has 0 spiro atoms. The fourth-order valence-electron chi connectivity index (χ4n) is 4.14. The lowest BCUT2D eigenvalue weighted by Crippen LogP contribution is -2.50. The standard InChI is InChI=1S/C24H30N4O3S/c1-25(2)12-6-13-26-14-11-20-19-21(9-10-23(20)26)24(29)27-15-17-28(18-16-27)32(30,31)22-7-4-3-5-8-22/h3-5,7-11,14,19H,6,12-13,15-18H2,1-2H3. The van der Waals surface area contributed by atoms with E-state index in [0.29, 0.717) is 36.6 Å². The second kappa shape index (κ2) is 9.44. The van der Waals surface area contributed by atoms with Crippen LogP contribution in [0.25, 0.3) is 10.9 Å². The van der Waals surface area contributed by atoms with E-state index in [1.54, 1.807) is 35.2 Å². The highest BCUT2D eigenvalue weighted by Gasteiger charge is 2.30. The third-order valence-corrected chi connectivity index (χ3v) is 7.84. The van der Waals surface area contributed by atoms with Gasteiger partial charge in [-0.15, -0.1) is 0 Å². The number of benzene rings is 2. The average Bonchev–Trinajstić information content (AvgIpc) is 3.21. The summed E-state index contributed by atoms with van der Waals surface area (Å²) in [5, 5.41) is 1.05. The molecule has 0 N–H and O–H groups in total. The predicted octanol–water partition coefficient (Wildman–Crippen LogP) is 2.74. The maximum absolute atomic E-state index is 13.1. The van der Waals surface area contributed by atoms with Crippen LogP contribution in [-0.4, -0.2) is 79.8 Å². The number of amides is 1. The molecule has 0 saturated carbocycles. The number of aryl methyl sites for hydroxylation is 1. The minimum Gasteiger partial charge on any atom is -0.347 e. The maximum atomic E-state index is 13.1. The molecule has 4 rings (SSSR count). The van der Waals surface area contributed by atoms with Gasteiger partial charge in [-0.1, -0.05) is 18.2 Å². The summed E-state index contributed by atoms with van der Waals surface area (Å²) in [6, 6.07) is 16.3. The molecule has 1 aromatic heterocycles. The summed E-state index contributed by atoms with van der Waals surface area (Å²) in [5.74, 6) is -0.0518. The molecule has 1 aliphatic rings. The first-order valence-corrected chi connectivity index (χ1v) is 12.4. The van der Waals surface area contributed by atoms with Crippen molar-refractivity contribution in [1.29, 1.82) is 0 Å². The molecular weight excluding hydrogens is 424 g/mol. The zero-order chi connectivity index (χ0) is 22.7. The van der Waals surface area contributed by atoms with Gasteiger partial charge in [-0.3, -0.25) is 4.79 Å². The number of rotatable bonds is 7. The maximum Gasteiger partial charge on any atom is 0.253 e. The molecule has 32 heavy (non-hydrogen) atoms. The van der Waals surface area contributed by atoms with Gasteiger partial charge in [0.1, 0.15) is 0 Å². The summed E-state index contributed by atoms with van der Waals surface area (Å²) in [4.78, 5) is 17.3. The number of aromatic nitrogens is 1. The summed E-state index contributed by atoms with van der Waals surface area (Å²) in [5.41, 5.74) is 1.77. The van der Waals surface area contributed by atoms with Gasteiger partial charge in [0.15, 0.2) is 0 Å². The van der Waals surface area contributed by atoms with Gasteiger partial charge in [0.2, 0.25) is 10.0 Å².